The highest BCUT2D eigenvalue weighted by atomic mass is 35.5. The van der Waals surface area contributed by atoms with Gasteiger partial charge in [0.1, 0.15) is 23.6 Å². The van der Waals surface area contributed by atoms with Crippen LogP contribution in [0.5, 0.6) is 5.75 Å². The van der Waals surface area contributed by atoms with Gasteiger partial charge in [0.2, 0.25) is 0 Å². The van der Waals surface area contributed by atoms with E-state index >= 15 is 0 Å². The number of hydrogen-bond acceptors (Lipinski definition) is 8. The molecule has 0 radical (unpaired) electrons. The zero-order chi connectivity index (χ0) is 29.8. The molecule has 0 saturated carbocycles. The molecule has 3 aromatic rings. The summed E-state index contributed by atoms with van der Waals surface area (Å²) in [6, 6.07) is 10.6. The third-order valence-electron chi connectivity index (χ3n) is 5.75. The van der Waals surface area contributed by atoms with Gasteiger partial charge in [0.15, 0.2) is 0 Å². The third-order valence-corrected chi connectivity index (χ3v) is 6.09. The average molecular weight is 575 g/mol. The summed E-state index contributed by atoms with van der Waals surface area (Å²) in [5.74, 6) is 0.509. The molecule has 0 saturated heterocycles. The van der Waals surface area contributed by atoms with Gasteiger partial charge in [0.25, 0.3) is 0 Å². The van der Waals surface area contributed by atoms with Crippen molar-refractivity contribution in [1.82, 2.24) is 14.7 Å². The van der Waals surface area contributed by atoms with Crippen molar-refractivity contribution in [3.05, 3.63) is 52.7 Å². The van der Waals surface area contributed by atoms with Crippen LogP contribution in [-0.2, 0) is 14.2 Å². The van der Waals surface area contributed by atoms with Gasteiger partial charge in [-0.3, -0.25) is 0 Å². The molecule has 0 aliphatic carbocycles. The van der Waals surface area contributed by atoms with E-state index in [1.807, 2.05) is 19.1 Å². The number of ether oxygens (including phenoxy) is 4. The molecule has 1 atom stereocenters. The number of hydrogen-bond donors (Lipinski definition) is 1. The second-order valence-electron chi connectivity index (χ2n) is 11.4. The Morgan fingerprint density at radius 2 is 1.73 bits per heavy atom. The lowest BCUT2D eigenvalue weighted by atomic mass is 10.1. The van der Waals surface area contributed by atoms with E-state index in [2.05, 4.69) is 5.10 Å². The minimum Gasteiger partial charge on any atom is -0.492 e. The average Bonchev–Trinajstić information content (AvgIpc) is 3.17. The van der Waals surface area contributed by atoms with Crippen LogP contribution in [0.4, 0.5) is 15.3 Å². The lowest BCUT2D eigenvalue weighted by Gasteiger charge is -2.30. The summed E-state index contributed by atoms with van der Waals surface area (Å²) < 4.78 is 24.1. The van der Waals surface area contributed by atoms with E-state index in [4.69, 9.17) is 36.3 Å². The predicted molar refractivity (Wildman–Crippen MR) is 155 cm³/mol. The number of carbonyl (C=O) groups is 2. The van der Waals surface area contributed by atoms with Gasteiger partial charge in [-0.1, -0.05) is 17.7 Å². The Bertz CT molecular complexity index is 1360. The second-order valence-corrected chi connectivity index (χ2v) is 11.8. The zero-order valence-corrected chi connectivity index (χ0v) is 25.2. The SMILES string of the molecule is CO[C@@H](CN(CCOc1ccc2c(C)nn(C(=O)OC(C)(C)C)c2c1)C(=O)OC(C)(C)C)c1ccc(Cl)c(N)c1. The highest BCUT2D eigenvalue weighted by molar-refractivity contribution is 6.33. The van der Waals surface area contributed by atoms with E-state index in [0.29, 0.717) is 27.7 Å². The van der Waals surface area contributed by atoms with Crippen molar-refractivity contribution in [2.75, 3.05) is 32.5 Å². The van der Waals surface area contributed by atoms with E-state index < -0.39 is 29.5 Å². The minimum atomic E-state index is -0.688. The summed E-state index contributed by atoms with van der Waals surface area (Å²) in [7, 11) is 1.56. The Morgan fingerprint density at radius 3 is 2.33 bits per heavy atom. The van der Waals surface area contributed by atoms with Crippen LogP contribution in [0, 0.1) is 6.92 Å². The lowest BCUT2D eigenvalue weighted by Crippen LogP contribution is -2.41. The van der Waals surface area contributed by atoms with Gasteiger partial charge < -0.3 is 29.6 Å². The van der Waals surface area contributed by atoms with Crippen LogP contribution < -0.4 is 10.5 Å². The molecule has 2 aromatic carbocycles. The minimum absolute atomic E-state index is 0.156. The molecule has 0 fully saturated rings. The number of aromatic nitrogens is 2. The Hall–Kier alpha value is -3.50. The van der Waals surface area contributed by atoms with Gasteiger partial charge in [-0.05, 0) is 78.3 Å². The number of aryl methyl sites for hydroxylation is 1. The molecule has 1 aromatic heterocycles. The van der Waals surface area contributed by atoms with Crippen molar-refractivity contribution in [1.29, 1.82) is 0 Å². The molecule has 11 heteroatoms. The number of carbonyl (C=O) groups excluding carboxylic acids is 2. The molecular weight excluding hydrogens is 536 g/mol. The number of methoxy groups -OCH3 is 1. The van der Waals surface area contributed by atoms with Gasteiger partial charge in [-0.25, -0.2) is 9.59 Å². The molecule has 2 N–H and O–H groups in total. The summed E-state index contributed by atoms with van der Waals surface area (Å²) in [4.78, 5) is 27.4. The smallest absolute Gasteiger partial charge is 0.435 e. The quantitative estimate of drug-likeness (QED) is 0.308. The number of nitrogens with zero attached hydrogens (tertiary/aromatic N) is 3. The van der Waals surface area contributed by atoms with Gasteiger partial charge in [-0.15, -0.1) is 0 Å². The van der Waals surface area contributed by atoms with Crippen molar-refractivity contribution in [3.8, 4) is 5.75 Å². The second kappa shape index (κ2) is 12.3. The first-order valence-corrected chi connectivity index (χ1v) is 13.4. The summed E-state index contributed by atoms with van der Waals surface area (Å²) in [5, 5.41) is 5.59. The fourth-order valence-corrected chi connectivity index (χ4v) is 4.04. The molecule has 0 aliphatic rings. The van der Waals surface area contributed by atoms with E-state index in [9.17, 15) is 9.59 Å². The topological polar surface area (TPSA) is 118 Å². The Labute approximate surface area is 240 Å². The fourth-order valence-electron chi connectivity index (χ4n) is 3.92. The largest absolute Gasteiger partial charge is 0.492 e. The first-order valence-electron chi connectivity index (χ1n) is 13.0. The molecule has 0 unspecified atom stereocenters. The number of halogens is 1. The molecule has 40 heavy (non-hydrogen) atoms. The Kier molecular flexibility index (Phi) is 9.58. The summed E-state index contributed by atoms with van der Waals surface area (Å²) in [5.41, 5.74) is 7.08. The van der Waals surface area contributed by atoms with Crippen molar-refractivity contribution in [2.45, 2.75) is 65.8 Å². The fraction of sp³-hybridized carbons (Fsp3) is 0.483. The monoisotopic (exact) mass is 574 g/mol. The molecule has 10 nitrogen and oxygen atoms in total. The molecule has 1 heterocycles. The van der Waals surface area contributed by atoms with Crippen molar-refractivity contribution in [2.24, 2.45) is 0 Å². The first kappa shape index (κ1) is 31.0. The van der Waals surface area contributed by atoms with E-state index in [1.54, 1.807) is 72.9 Å². The number of benzene rings is 2. The van der Waals surface area contributed by atoms with Crippen LogP contribution in [0.3, 0.4) is 0 Å². The van der Waals surface area contributed by atoms with Crippen molar-refractivity contribution < 1.29 is 28.5 Å². The number of anilines is 1. The van der Waals surface area contributed by atoms with Crippen LogP contribution in [0.2, 0.25) is 5.02 Å². The zero-order valence-electron chi connectivity index (χ0n) is 24.4. The van der Waals surface area contributed by atoms with Gasteiger partial charge in [-0.2, -0.15) is 9.78 Å². The van der Waals surface area contributed by atoms with Gasteiger partial charge >= 0.3 is 12.2 Å². The van der Waals surface area contributed by atoms with Gasteiger partial charge in [0.05, 0.1) is 41.1 Å². The van der Waals surface area contributed by atoms with Crippen LogP contribution >= 0.6 is 11.6 Å². The lowest BCUT2D eigenvalue weighted by molar-refractivity contribution is 0.00509. The first-order chi connectivity index (χ1) is 18.6. The Morgan fingerprint density at radius 1 is 1.05 bits per heavy atom. The van der Waals surface area contributed by atoms with Crippen LogP contribution in [0.1, 0.15) is 58.9 Å². The third kappa shape index (κ3) is 8.25. The molecular formula is C29H39ClN4O6. The highest BCUT2D eigenvalue weighted by Gasteiger charge is 2.26. The number of rotatable bonds is 8. The maximum absolute atomic E-state index is 13.1. The molecule has 1 amide bonds. The maximum atomic E-state index is 13.1. The molecule has 3 rings (SSSR count). The summed E-state index contributed by atoms with van der Waals surface area (Å²) in [6.07, 6.45) is -1.56. The molecule has 0 bridgehead atoms. The van der Waals surface area contributed by atoms with Gasteiger partial charge in [0, 0.05) is 18.6 Å². The molecule has 0 aliphatic heterocycles. The normalized spacial score (nSPS) is 12.7. The highest BCUT2D eigenvalue weighted by Crippen LogP contribution is 2.27. The van der Waals surface area contributed by atoms with E-state index in [-0.39, 0.29) is 19.7 Å². The predicted octanol–water partition coefficient (Wildman–Crippen LogP) is 6.37. The van der Waals surface area contributed by atoms with E-state index in [1.165, 1.54) is 9.58 Å². The summed E-state index contributed by atoms with van der Waals surface area (Å²) >= 11 is 6.08. The number of nitrogens with two attached hydrogens (primary N) is 1. The van der Waals surface area contributed by atoms with Crippen molar-refractivity contribution in [3.63, 3.8) is 0 Å². The van der Waals surface area contributed by atoms with Crippen LogP contribution in [0.15, 0.2) is 36.4 Å². The van der Waals surface area contributed by atoms with Crippen LogP contribution in [0.25, 0.3) is 10.9 Å². The summed E-state index contributed by atoms with van der Waals surface area (Å²) in [6.45, 7) is 13.2. The number of fused-ring (bicyclic) bond motifs is 1. The molecule has 0 spiro atoms. The van der Waals surface area contributed by atoms with Crippen molar-refractivity contribution >= 4 is 40.4 Å². The van der Waals surface area contributed by atoms with Crippen LogP contribution in [-0.4, -0.2) is 64.9 Å². The van der Waals surface area contributed by atoms with E-state index in [0.717, 1.165) is 10.9 Å². The maximum Gasteiger partial charge on any atom is 0.435 e. The molecule has 218 valence electrons. The number of amides is 1. The Balaban J connectivity index is 1.78. The standard InChI is InChI=1S/C29H39ClN4O6/c1-18-21-11-10-20(16-24(21)34(32-18)27(36)40-29(5,6)7)38-14-13-33(26(35)39-28(2,3)4)17-25(37-8)19-9-12-22(30)23(31)15-19/h9-12,15-16,25H,13-14,17,31H2,1-8H3/t25-/m0/s1. The number of nitrogen functional groups attached to an aromatic ring is 1.